The number of rotatable bonds is 10. The van der Waals surface area contributed by atoms with E-state index < -0.39 is 77.2 Å². The van der Waals surface area contributed by atoms with Crippen LogP contribution in [0.3, 0.4) is 0 Å². The number of benzene rings is 2. The number of pyridine rings is 2. The number of nitrogens with one attached hydrogen (secondary N) is 2. The van der Waals surface area contributed by atoms with E-state index in [9.17, 15) is 36.3 Å². The van der Waals surface area contributed by atoms with E-state index in [1.165, 1.54) is 44.0 Å². The van der Waals surface area contributed by atoms with Gasteiger partial charge >= 0.3 is 12.1 Å². The number of esters is 1. The third kappa shape index (κ3) is 7.03. The smallest absolute Gasteiger partial charge is 0.408 e. The van der Waals surface area contributed by atoms with Crippen LogP contribution in [0.25, 0.3) is 22.0 Å². The van der Waals surface area contributed by atoms with Crippen LogP contribution in [0.15, 0.2) is 47.4 Å². The second kappa shape index (κ2) is 13.7. The Bertz CT molecular complexity index is 1890. The Balaban J connectivity index is 1.73. The Kier molecular flexibility index (Phi) is 10.2. The minimum atomic E-state index is -4.70. The number of alkyl halides is 3. The van der Waals surface area contributed by atoms with Gasteiger partial charge in [0.05, 0.1) is 30.9 Å². The molecule has 0 aliphatic heterocycles. The van der Waals surface area contributed by atoms with Crippen LogP contribution >= 0.6 is 0 Å². The molecule has 0 bridgehead atoms. The Morgan fingerprint density at radius 2 is 1.68 bits per heavy atom. The molecule has 9 nitrogen and oxygen atoms in total. The summed E-state index contributed by atoms with van der Waals surface area (Å²) in [6.45, 7) is 2.90. The number of fused-ring (bicyclic) bond motifs is 1. The molecule has 2 N–H and O–H groups in total. The summed E-state index contributed by atoms with van der Waals surface area (Å²) >= 11 is 0. The maximum atomic E-state index is 16.0. The molecule has 47 heavy (non-hydrogen) atoms. The highest BCUT2D eigenvalue weighted by molar-refractivity contribution is 5.99. The number of hydrogen-bond acceptors (Lipinski definition) is 7. The zero-order chi connectivity index (χ0) is 34.8. The minimum absolute atomic E-state index is 0.0288. The number of hydrogen-bond donors (Lipinski definition) is 2. The molecule has 2 heterocycles. The third-order valence-electron chi connectivity index (χ3n) is 7.66. The van der Waals surface area contributed by atoms with E-state index in [1.807, 2.05) is 5.32 Å². The van der Waals surface area contributed by atoms with Crippen LogP contribution in [-0.4, -0.2) is 53.9 Å². The maximum Gasteiger partial charge on any atom is 0.408 e. The van der Waals surface area contributed by atoms with Crippen LogP contribution in [0.4, 0.5) is 32.0 Å². The van der Waals surface area contributed by atoms with Crippen molar-refractivity contribution in [2.45, 2.75) is 44.9 Å². The lowest BCUT2D eigenvalue weighted by atomic mass is 9.94. The van der Waals surface area contributed by atoms with E-state index >= 15 is 4.39 Å². The van der Waals surface area contributed by atoms with E-state index in [2.05, 4.69) is 10.3 Å². The molecule has 0 unspecified atom stereocenters. The van der Waals surface area contributed by atoms with Crippen molar-refractivity contribution in [3.63, 3.8) is 0 Å². The molecule has 0 saturated carbocycles. The Morgan fingerprint density at radius 1 is 1.02 bits per heavy atom. The summed E-state index contributed by atoms with van der Waals surface area (Å²) in [5.41, 5.74) is -1.86. The second-order valence-corrected chi connectivity index (χ2v) is 10.6. The van der Waals surface area contributed by atoms with E-state index in [4.69, 9.17) is 9.47 Å². The van der Waals surface area contributed by atoms with Gasteiger partial charge in [0, 0.05) is 42.5 Å². The highest BCUT2D eigenvalue weighted by Crippen LogP contribution is 2.36. The molecule has 1 amide bonds. The first-order chi connectivity index (χ1) is 22.1. The van der Waals surface area contributed by atoms with Gasteiger partial charge in [-0.25, -0.2) is 18.0 Å². The van der Waals surface area contributed by atoms with Crippen molar-refractivity contribution in [2.75, 3.05) is 19.5 Å². The first-order valence-corrected chi connectivity index (χ1v) is 14.1. The van der Waals surface area contributed by atoms with Gasteiger partial charge in [-0.3, -0.25) is 14.6 Å². The molecule has 15 heteroatoms. The van der Waals surface area contributed by atoms with Crippen LogP contribution in [0, 0.1) is 24.4 Å². The fourth-order valence-electron chi connectivity index (χ4n) is 5.15. The molecule has 4 rings (SSSR count). The lowest BCUT2D eigenvalue weighted by Crippen LogP contribution is -2.43. The number of halogens is 6. The van der Waals surface area contributed by atoms with Crippen LogP contribution in [-0.2, 0) is 23.0 Å². The van der Waals surface area contributed by atoms with Crippen molar-refractivity contribution < 1.29 is 45.4 Å². The normalized spacial score (nSPS) is 12.8. The lowest BCUT2D eigenvalue weighted by molar-refractivity contribution is -0.143. The molecule has 0 fully saturated rings. The standard InChI is InChI=1S/C32H30F6N4O5/c1-6-24(32(36,37)38)40-17-13-20(34)25(21(35)14-17)29(43)41-22(31(45)47-5)12-16-11-19(33)26(28-18(16)8-7-9-39-28)27-23(46-4)10-15(2)42(3)30(27)44/h7-11,13-14,22,24,40H,6,12H2,1-5H3,(H,41,43)/t22-,24+/m0/s1. The predicted molar refractivity (Wildman–Crippen MR) is 161 cm³/mol. The fourth-order valence-corrected chi connectivity index (χ4v) is 5.15. The molecule has 0 saturated heterocycles. The van der Waals surface area contributed by atoms with E-state index in [0.717, 1.165) is 13.2 Å². The van der Waals surface area contributed by atoms with Gasteiger partial charge in [-0.05, 0) is 43.2 Å². The SMILES string of the molecule is CC[C@@H](Nc1cc(F)c(C(=O)N[C@@H](Cc2cc(F)c(-c3c(OC)cc(C)n(C)c3=O)c3ncccc23)C(=O)OC)c(F)c1)C(F)(F)F. The summed E-state index contributed by atoms with van der Waals surface area (Å²) in [4.78, 5) is 43.4. The van der Waals surface area contributed by atoms with Crippen molar-refractivity contribution in [3.8, 4) is 16.9 Å². The number of methoxy groups -OCH3 is 2. The number of anilines is 1. The lowest BCUT2D eigenvalue weighted by Gasteiger charge is -2.22. The monoisotopic (exact) mass is 664 g/mol. The summed E-state index contributed by atoms with van der Waals surface area (Å²) in [5.74, 6) is -6.28. The number of carbonyl (C=O) groups excluding carboxylic acids is 2. The first-order valence-electron chi connectivity index (χ1n) is 14.1. The van der Waals surface area contributed by atoms with Crippen LogP contribution in [0.5, 0.6) is 5.75 Å². The fraction of sp³-hybridized carbons (Fsp3) is 0.312. The number of ether oxygens (including phenoxy) is 2. The van der Waals surface area contributed by atoms with Gasteiger partial charge in [0.1, 0.15) is 40.8 Å². The molecule has 0 spiro atoms. The summed E-state index contributed by atoms with van der Waals surface area (Å²) in [6, 6.07) is 2.98. The molecule has 4 aromatic rings. The Labute approximate surface area is 264 Å². The van der Waals surface area contributed by atoms with Crippen LogP contribution in [0.2, 0.25) is 0 Å². The molecular formula is C32H30F6N4O5. The molecule has 0 aliphatic carbocycles. The van der Waals surface area contributed by atoms with E-state index in [1.54, 1.807) is 13.0 Å². The summed E-state index contributed by atoms with van der Waals surface area (Å²) < 4.78 is 96.8. The van der Waals surface area contributed by atoms with Gasteiger partial charge in [0.2, 0.25) is 0 Å². The number of nitrogens with zero attached hydrogens (tertiary/aromatic N) is 2. The van der Waals surface area contributed by atoms with Crippen molar-refractivity contribution in [1.82, 2.24) is 14.9 Å². The number of carbonyl (C=O) groups is 2. The van der Waals surface area contributed by atoms with Crippen molar-refractivity contribution in [1.29, 1.82) is 0 Å². The summed E-state index contributed by atoms with van der Waals surface area (Å²) in [5, 5.41) is 4.44. The molecule has 2 atom stereocenters. The highest BCUT2D eigenvalue weighted by atomic mass is 19.4. The number of amides is 1. The summed E-state index contributed by atoms with van der Waals surface area (Å²) in [6.07, 6.45) is -4.23. The van der Waals surface area contributed by atoms with Gasteiger partial charge in [-0.1, -0.05) is 13.0 Å². The van der Waals surface area contributed by atoms with Crippen molar-refractivity contribution in [2.24, 2.45) is 7.05 Å². The van der Waals surface area contributed by atoms with Crippen molar-refractivity contribution in [3.05, 3.63) is 87.2 Å². The first kappa shape index (κ1) is 34.8. The van der Waals surface area contributed by atoms with Gasteiger partial charge in [-0.15, -0.1) is 0 Å². The third-order valence-corrected chi connectivity index (χ3v) is 7.66. The van der Waals surface area contributed by atoms with Gasteiger partial charge < -0.3 is 24.7 Å². The van der Waals surface area contributed by atoms with Gasteiger partial charge in [-0.2, -0.15) is 13.2 Å². The zero-order valence-corrected chi connectivity index (χ0v) is 25.8. The molecular weight excluding hydrogens is 634 g/mol. The minimum Gasteiger partial charge on any atom is -0.496 e. The van der Waals surface area contributed by atoms with Gasteiger partial charge in [0.15, 0.2) is 0 Å². The quantitative estimate of drug-likeness (QED) is 0.168. The average Bonchev–Trinajstić information content (AvgIpc) is 3.01. The van der Waals surface area contributed by atoms with Gasteiger partial charge in [0.25, 0.3) is 11.5 Å². The van der Waals surface area contributed by atoms with Crippen LogP contribution in [0.1, 0.15) is 35.0 Å². The molecule has 0 radical (unpaired) electrons. The molecule has 2 aromatic carbocycles. The predicted octanol–water partition coefficient (Wildman–Crippen LogP) is 5.60. The topological polar surface area (TPSA) is 112 Å². The van der Waals surface area contributed by atoms with E-state index in [0.29, 0.717) is 17.8 Å². The average molecular weight is 665 g/mol. The Hall–Kier alpha value is -5.08. The van der Waals surface area contributed by atoms with Crippen molar-refractivity contribution >= 4 is 28.5 Å². The molecule has 2 aromatic heterocycles. The maximum absolute atomic E-state index is 16.0. The van der Waals surface area contributed by atoms with E-state index in [-0.39, 0.29) is 33.3 Å². The second-order valence-electron chi connectivity index (χ2n) is 10.6. The zero-order valence-electron chi connectivity index (χ0n) is 25.8. The molecule has 250 valence electrons. The largest absolute Gasteiger partial charge is 0.496 e. The summed E-state index contributed by atoms with van der Waals surface area (Å²) in [7, 11) is 3.83. The Morgan fingerprint density at radius 3 is 2.26 bits per heavy atom. The number of aromatic nitrogens is 2. The molecule has 0 aliphatic rings. The number of aryl methyl sites for hydroxylation is 1. The van der Waals surface area contributed by atoms with Crippen LogP contribution < -0.4 is 20.9 Å². The highest BCUT2D eigenvalue weighted by Gasteiger charge is 2.38.